The summed E-state index contributed by atoms with van der Waals surface area (Å²) in [4.78, 5) is 36.9. The van der Waals surface area contributed by atoms with E-state index in [2.05, 4.69) is 5.32 Å². The topological polar surface area (TPSA) is 75.7 Å². The van der Waals surface area contributed by atoms with Crippen molar-refractivity contribution in [3.8, 4) is 0 Å². The third-order valence-corrected chi connectivity index (χ3v) is 3.38. The zero-order valence-electron chi connectivity index (χ0n) is 12.7. The van der Waals surface area contributed by atoms with Gasteiger partial charge in [0.2, 0.25) is 11.8 Å². The van der Waals surface area contributed by atoms with Gasteiger partial charge in [0.15, 0.2) is 0 Å². The fourth-order valence-corrected chi connectivity index (χ4v) is 2.30. The first-order chi connectivity index (χ1) is 9.33. The Morgan fingerprint density at radius 1 is 1.40 bits per heavy atom. The summed E-state index contributed by atoms with van der Waals surface area (Å²) >= 11 is 0. The fourth-order valence-electron chi connectivity index (χ4n) is 2.30. The highest BCUT2D eigenvalue weighted by Gasteiger charge is 2.44. The molecule has 1 fully saturated rings. The minimum Gasteiger partial charge on any atom is -0.465 e. The first-order valence-corrected chi connectivity index (χ1v) is 7.08. The van der Waals surface area contributed by atoms with Crippen LogP contribution in [0, 0.1) is 5.41 Å². The maximum absolute atomic E-state index is 12.1. The van der Waals surface area contributed by atoms with Crippen LogP contribution >= 0.6 is 0 Å². The van der Waals surface area contributed by atoms with E-state index < -0.39 is 11.5 Å². The molecule has 6 heteroatoms. The summed E-state index contributed by atoms with van der Waals surface area (Å²) in [5, 5.41) is 3.02. The predicted octanol–water partition coefficient (Wildman–Crippen LogP) is 0.703. The monoisotopic (exact) mass is 284 g/mol. The molecule has 1 aliphatic heterocycles. The lowest BCUT2D eigenvalue weighted by atomic mass is 9.92. The van der Waals surface area contributed by atoms with Crippen LogP contribution < -0.4 is 5.32 Å². The number of imide groups is 1. The molecule has 1 atom stereocenters. The molecule has 1 saturated heterocycles. The molecule has 0 aromatic rings. The van der Waals surface area contributed by atoms with E-state index in [4.69, 9.17) is 4.74 Å². The Hall–Kier alpha value is -1.43. The average Bonchev–Trinajstić information content (AvgIpc) is 2.55. The van der Waals surface area contributed by atoms with Gasteiger partial charge >= 0.3 is 5.97 Å². The molecule has 0 saturated carbocycles. The largest absolute Gasteiger partial charge is 0.465 e. The number of rotatable bonds is 7. The second kappa shape index (κ2) is 6.83. The maximum atomic E-state index is 12.1. The third-order valence-electron chi connectivity index (χ3n) is 3.38. The molecule has 1 N–H and O–H groups in total. The van der Waals surface area contributed by atoms with Crippen LogP contribution in [-0.2, 0) is 19.1 Å². The molecule has 6 nitrogen and oxygen atoms in total. The minimum atomic E-state index is -0.630. The number of amides is 2. The Morgan fingerprint density at radius 2 is 2.05 bits per heavy atom. The van der Waals surface area contributed by atoms with Gasteiger partial charge in [-0.15, -0.1) is 0 Å². The van der Waals surface area contributed by atoms with Crippen LogP contribution in [0.3, 0.4) is 0 Å². The van der Waals surface area contributed by atoms with Gasteiger partial charge in [-0.25, -0.2) is 0 Å². The van der Waals surface area contributed by atoms with Crippen LogP contribution in [0.25, 0.3) is 0 Å². The first kappa shape index (κ1) is 16.6. The third kappa shape index (κ3) is 3.79. The van der Waals surface area contributed by atoms with E-state index in [1.165, 1.54) is 4.90 Å². The van der Waals surface area contributed by atoms with Gasteiger partial charge in [-0.05, 0) is 19.9 Å². The predicted molar refractivity (Wildman–Crippen MR) is 73.8 cm³/mol. The van der Waals surface area contributed by atoms with Gasteiger partial charge in [0, 0.05) is 13.0 Å². The number of esters is 1. The Morgan fingerprint density at radius 3 is 2.50 bits per heavy atom. The van der Waals surface area contributed by atoms with Gasteiger partial charge in [0.05, 0.1) is 12.0 Å². The molecule has 114 valence electrons. The Kier molecular flexibility index (Phi) is 5.68. The van der Waals surface area contributed by atoms with Gasteiger partial charge in [-0.1, -0.05) is 20.8 Å². The van der Waals surface area contributed by atoms with Crippen LogP contribution in [0.2, 0.25) is 0 Å². The molecular formula is C14H24N2O4. The van der Waals surface area contributed by atoms with Gasteiger partial charge in [0.1, 0.15) is 6.04 Å². The van der Waals surface area contributed by atoms with E-state index >= 15 is 0 Å². The van der Waals surface area contributed by atoms with Crippen molar-refractivity contribution in [3.05, 3.63) is 0 Å². The van der Waals surface area contributed by atoms with Crippen LogP contribution in [-0.4, -0.2) is 48.4 Å². The van der Waals surface area contributed by atoms with E-state index in [0.29, 0.717) is 19.6 Å². The van der Waals surface area contributed by atoms with Gasteiger partial charge in [0.25, 0.3) is 0 Å². The van der Waals surface area contributed by atoms with Crippen LogP contribution in [0.1, 0.15) is 40.5 Å². The van der Waals surface area contributed by atoms with E-state index in [9.17, 15) is 14.4 Å². The molecule has 0 aromatic carbocycles. The molecule has 0 bridgehead atoms. The number of hydrogen-bond donors (Lipinski definition) is 1. The maximum Gasteiger partial charge on any atom is 0.323 e. The second-order valence-electron chi connectivity index (χ2n) is 5.56. The molecule has 0 radical (unpaired) electrons. The van der Waals surface area contributed by atoms with Crippen LogP contribution in [0.15, 0.2) is 0 Å². The number of carbonyl (C=O) groups is 3. The molecule has 1 unspecified atom stereocenters. The van der Waals surface area contributed by atoms with Crippen molar-refractivity contribution in [1.29, 1.82) is 0 Å². The second-order valence-corrected chi connectivity index (χ2v) is 5.56. The van der Waals surface area contributed by atoms with Gasteiger partial charge in [-0.3, -0.25) is 19.3 Å². The number of nitrogens with zero attached hydrogens (tertiary/aromatic N) is 1. The van der Waals surface area contributed by atoms with E-state index in [1.807, 2.05) is 6.92 Å². The highest BCUT2D eigenvalue weighted by molar-refractivity contribution is 6.05. The first-order valence-electron chi connectivity index (χ1n) is 7.08. The number of hydrogen-bond acceptors (Lipinski definition) is 5. The SMILES string of the molecule is CCNC(CCN1C(=O)CC(C)(C)C1=O)C(=O)OCC. The van der Waals surface area contributed by atoms with Crippen molar-refractivity contribution < 1.29 is 19.1 Å². The molecule has 2 amide bonds. The van der Waals surface area contributed by atoms with Crippen LogP contribution in [0.5, 0.6) is 0 Å². The summed E-state index contributed by atoms with van der Waals surface area (Å²) in [5.41, 5.74) is -0.630. The number of ether oxygens (including phenoxy) is 1. The summed E-state index contributed by atoms with van der Waals surface area (Å²) in [6.07, 6.45) is 0.608. The van der Waals surface area contributed by atoms with E-state index in [-0.39, 0.29) is 30.7 Å². The quantitative estimate of drug-likeness (QED) is 0.550. The fraction of sp³-hybridized carbons (Fsp3) is 0.786. The van der Waals surface area contributed by atoms with Gasteiger partial charge in [-0.2, -0.15) is 0 Å². The zero-order chi connectivity index (χ0) is 15.3. The average molecular weight is 284 g/mol. The van der Waals surface area contributed by atoms with Crippen molar-refractivity contribution in [2.45, 2.75) is 46.6 Å². The summed E-state index contributed by atoms with van der Waals surface area (Å²) < 4.78 is 4.98. The summed E-state index contributed by atoms with van der Waals surface area (Å²) in [6.45, 7) is 8.35. The Bertz CT molecular complexity index is 393. The Balaban J connectivity index is 2.61. The summed E-state index contributed by atoms with van der Waals surface area (Å²) in [5.74, 6) is -0.673. The number of likely N-dealkylation sites (N-methyl/N-ethyl adjacent to an activating group) is 1. The van der Waals surface area contributed by atoms with Crippen molar-refractivity contribution in [2.75, 3.05) is 19.7 Å². The number of carbonyl (C=O) groups excluding carboxylic acids is 3. The molecule has 0 aliphatic carbocycles. The molecule has 1 rings (SSSR count). The van der Waals surface area contributed by atoms with E-state index in [0.717, 1.165) is 0 Å². The molecule has 1 heterocycles. The lowest BCUT2D eigenvalue weighted by Gasteiger charge is -2.21. The highest BCUT2D eigenvalue weighted by atomic mass is 16.5. The smallest absolute Gasteiger partial charge is 0.323 e. The van der Waals surface area contributed by atoms with Crippen molar-refractivity contribution >= 4 is 17.8 Å². The molecule has 0 aromatic heterocycles. The number of likely N-dealkylation sites (tertiary alicyclic amines) is 1. The molecule has 20 heavy (non-hydrogen) atoms. The van der Waals surface area contributed by atoms with Crippen molar-refractivity contribution in [2.24, 2.45) is 5.41 Å². The molecular weight excluding hydrogens is 260 g/mol. The normalized spacial score (nSPS) is 19.3. The lowest BCUT2D eigenvalue weighted by Crippen LogP contribution is -2.42. The minimum absolute atomic E-state index is 0.165. The summed E-state index contributed by atoms with van der Waals surface area (Å²) in [6, 6.07) is -0.482. The summed E-state index contributed by atoms with van der Waals surface area (Å²) in [7, 11) is 0. The molecule has 0 spiro atoms. The van der Waals surface area contributed by atoms with Crippen molar-refractivity contribution in [3.63, 3.8) is 0 Å². The standard InChI is InChI=1S/C14H24N2O4/c1-5-15-10(12(18)20-6-2)7-8-16-11(17)9-14(3,4)13(16)19/h10,15H,5-9H2,1-4H3. The highest BCUT2D eigenvalue weighted by Crippen LogP contribution is 2.31. The molecule has 1 aliphatic rings. The van der Waals surface area contributed by atoms with Crippen LogP contribution in [0.4, 0.5) is 0 Å². The van der Waals surface area contributed by atoms with Crippen molar-refractivity contribution in [1.82, 2.24) is 10.2 Å². The van der Waals surface area contributed by atoms with E-state index in [1.54, 1.807) is 20.8 Å². The zero-order valence-corrected chi connectivity index (χ0v) is 12.7. The van der Waals surface area contributed by atoms with Gasteiger partial charge < -0.3 is 10.1 Å². The number of nitrogens with one attached hydrogen (secondary N) is 1. The Labute approximate surface area is 119 Å². The lowest BCUT2D eigenvalue weighted by molar-refractivity contribution is -0.147.